The highest BCUT2D eigenvalue weighted by molar-refractivity contribution is 7.98. The van der Waals surface area contributed by atoms with Crippen LogP contribution in [0.1, 0.15) is 42.0 Å². The first-order valence-corrected chi connectivity index (χ1v) is 16.5. The number of halogens is 2. The summed E-state index contributed by atoms with van der Waals surface area (Å²) in [5.41, 5.74) is 4.96. The third-order valence-corrected chi connectivity index (χ3v) is 9.04. The molecule has 11 heteroatoms. The summed E-state index contributed by atoms with van der Waals surface area (Å²) in [6, 6.07) is 22.1. The smallest absolute Gasteiger partial charge is 0.277 e. The highest BCUT2D eigenvalue weighted by atomic mass is 35.5. The van der Waals surface area contributed by atoms with Crippen LogP contribution < -0.4 is 10.9 Å². The van der Waals surface area contributed by atoms with E-state index in [9.17, 15) is 14.0 Å². The molecule has 0 aliphatic heterocycles. The maximum Gasteiger partial charge on any atom is 0.277 e. The van der Waals surface area contributed by atoms with Crippen LogP contribution in [0.15, 0.2) is 101 Å². The minimum atomic E-state index is -0.358. The van der Waals surface area contributed by atoms with Gasteiger partial charge in [-0.15, -0.1) is 0 Å². The molecule has 0 aliphatic carbocycles. The molecule has 2 heterocycles. The number of aromatic nitrogens is 4. The van der Waals surface area contributed by atoms with Crippen LogP contribution in [0.2, 0.25) is 5.02 Å². The minimum Gasteiger partial charge on any atom is -0.336 e. The molecule has 238 valence electrons. The fourth-order valence-electron chi connectivity index (χ4n) is 5.02. The van der Waals surface area contributed by atoms with E-state index in [1.165, 1.54) is 23.9 Å². The van der Waals surface area contributed by atoms with Crippen molar-refractivity contribution in [2.75, 3.05) is 19.6 Å². The summed E-state index contributed by atoms with van der Waals surface area (Å²) >= 11 is 7.39. The van der Waals surface area contributed by atoms with E-state index < -0.39 is 0 Å². The summed E-state index contributed by atoms with van der Waals surface area (Å²) in [4.78, 5) is 33.5. The molecule has 3 aromatic carbocycles. The van der Waals surface area contributed by atoms with Crippen LogP contribution >= 0.6 is 23.4 Å². The Morgan fingerprint density at radius 3 is 2.37 bits per heavy atom. The first-order chi connectivity index (χ1) is 22.3. The Kier molecular flexibility index (Phi) is 11.4. The number of amides is 1. The zero-order valence-electron chi connectivity index (χ0n) is 25.7. The van der Waals surface area contributed by atoms with E-state index in [4.69, 9.17) is 11.6 Å². The molecule has 8 nitrogen and oxygen atoms in total. The molecule has 0 aliphatic rings. The molecule has 1 unspecified atom stereocenters. The van der Waals surface area contributed by atoms with E-state index in [1.807, 2.05) is 67.3 Å². The second-order valence-electron chi connectivity index (χ2n) is 11.0. The highest BCUT2D eigenvalue weighted by Crippen LogP contribution is 2.26. The summed E-state index contributed by atoms with van der Waals surface area (Å²) < 4.78 is 15.2. The van der Waals surface area contributed by atoms with Crippen molar-refractivity contribution >= 4 is 29.3 Å². The number of benzene rings is 3. The van der Waals surface area contributed by atoms with Crippen molar-refractivity contribution in [1.82, 2.24) is 30.0 Å². The van der Waals surface area contributed by atoms with Gasteiger partial charge in [0.25, 0.3) is 5.56 Å². The topological polar surface area (TPSA) is 95.9 Å². The van der Waals surface area contributed by atoms with Crippen molar-refractivity contribution in [3.63, 3.8) is 0 Å². The van der Waals surface area contributed by atoms with Crippen LogP contribution in [0.3, 0.4) is 0 Å². The number of nitrogens with zero attached hydrogens (tertiary/aromatic N) is 4. The van der Waals surface area contributed by atoms with Gasteiger partial charge in [-0.05, 0) is 58.6 Å². The lowest BCUT2D eigenvalue weighted by Gasteiger charge is -2.25. The Balaban J connectivity index is 1.40. The number of H-pyrrole nitrogens is 1. The number of rotatable bonds is 14. The maximum atomic E-state index is 14.0. The van der Waals surface area contributed by atoms with Gasteiger partial charge in [-0.2, -0.15) is 10.1 Å². The van der Waals surface area contributed by atoms with E-state index in [1.54, 1.807) is 35.3 Å². The molecular weight excluding hydrogens is 623 g/mol. The van der Waals surface area contributed by atoms with Crippen molar-refractivity contribution in [1.29, 1.82) is 0 Å². The Bertz CT molecular complexity index is 1780. The summed E-state index contributed by atoms with van der Waals surface area (Å²) in [6.07, 6.45) is 5.16. The number of aromatic amines is 1. The average molecular weight is 659 g/mol. The van der Waals surface area contributed by atoms with Crippen molar-refractivity contribution < 1.29 is 9.18 Å². The number of carbonyl (C=O) groups excluding carboxylic acids is 1. The molecule has 2 N–H and O–H groups in total. The number of thioether (sulfide) groups is 1. The molecule has 2 aromatic heterocycles. The van der Waals surface area contributed by atoms with E-state index in [0.29, 0.717) is 41.1 Å². The minimum absolute atomic E-state index is 0.000872. The lowest BCUT2D eigenvalue weighted by molar-refractivity contribution is -0.132. The normalized spacial score (nSPS) is 11.8. The fourth-order valence-corrected chi connectivity index (χ4v) is 6.06. The number of carbonyl (C=O) groups is 1. The Labute approximate surface area is 277 Å². The lowest BCUT2D eigenvalue weighted by atomic mass is 9.98. The van der Waals surface area contributed by atoms with Gasteiger partial charge in [0.05, 0.1) is 6.20 Å². The van der Waals surface area contributed by atoms with Crippen LogP contribution in [0.4, 0.5) is 4.39 Å². The summed E-state index contributed by atoms with van der Waals surface area (Å²) in [5, 5.41) is 11.2. The first kappa shape index (κ1) is 33.1. The Morgan fingerprint density at radius 1 is 1.04 bits per heavy atom. The molecule has 0 radical (unpaired) electrons. The SMILES string of the molecule is CCNCCN(Cc1ccc(-c2ccc(Cl)cc2)cc1)C(=O)Cn1cc(C(C)c2cn[nH]c2)c(=O)nc1SCc1ccc(F)cc1. The van der Waals surface area contributed by atoms with Gasteiger partial charge in [-0.3, -0.25) is 14.7 Å². The molecule has 1 amide bonds. The van der Waals surface area contributed by atoms with Crippen molar-refractivity contribution in [2.45, 2.75) is 43.8 Å². The van der Waals surface area contributed by atoms with Gasteiger partial charge in [0.1, 0.15) is 12.4 Å². The van der Waals surface area contributed by atoms with Gasteiger partial charge < -0.3 is 14.8 Å². The lowest BCUT2D eigenvalue weighted by Crippen LogP contribution is -2.39. The largest absolute Gasteiger partial charge is 0.336 e. The van der Waals surface area contributed by atoms with Crippen molar-refractivity contribution in [3.05, 3.63) is 135 Å². The molecule has 5 aromatic rings. The standard InChI is InChI=1S/C35H36ClFN6O2S/c1-3-38-16-17-42(20-25-4-8-27(9-5-25)28-10-12-30(36)13-11-28)33(44)22-43-21-32(24(2)29-18-39-40-19-29)34(45)41-35(43)46-23-26-6-14-31(37)15-7-26/h4-15,18-19,21,24,38H,3,16-17,20,22-23H2,1-2H3,(H,39,40). The van der Waals surface area contributed by atoms with Crippen LogP contribution in [-0.2, 0) is 23.6 Å². The second-order valence-corrected chi connectivity index (χ2v) is 12.3. The number of nitrogens with one attached hydrogen (secondary N) is 2. The van der Waals surface area contributed by atoms with Crippen LogP contribution in [0.5, 0.6) is 0 Å². The molecule has 5 rings (SSSR count). The van der Waals surface area contributed by atoms with Gasteiger partial charge in [0.2, 0.25) is 5.91 Å². The monoisotopic (exact) mass is 658 g/mol. The molecule has 1 atom stereocenters. The highest BCUT2D eigenvalue weighted by Gasteiger charge is 2.21. The zero-order chi connectivity index (χ0) is 32.5. The van der Waals surface area contributed by atoms with Crippen LogP contribution in [0, 0.1) is 5.82 Å². The van der Waals surface area contributed by atoms with Gasteiger partial charge in [-0.1, -0.05) is 85.7 Å². The Morgan fingerprint density at radius 2 is 1.72 bits per heavy atom. The van der Waals surface area contributed by atoms with Gasteiger partial charge in [-0.25, -0.2) is 4.39 Å². The number of likely N-dealkylation sites (N-methyl/N-ethyl adjacent to an activating group) is 1. The summed E-state index contributed by atoms with van der Waals surface area (Å²) in [7, 11) is 0. The molecule has 46 heavy (non-hydrogen) atoms. The van der Waals surface area contributed by atoms with Crippen LogP contribution in [-0.4, -0.2) is 50.2 Å². The molecule has 0 saturated carbocycles. The molecular formula is C35H36ClFN6O2S. The second kappa shape index (κ2) is 15.8. The Hall–Kier alpha value is -4.25. The average Bonchev–Trinajstić information content (AvgIpc) is 3.61. The van der Waals surface area contributed by atoms with Crippen molar-refractivity contribution in [2.24, 2.45) is 0 Å². The molecule has 0 saturated heterocycles. The van der Waals surface area contributed by atoms with Gasteiger partial charge in [0, 0.05) is 54.3 Å². The number of hydrogen-bond acceptors (Lipinski definition) is 6. The summed E-state index contributed by atoms with van der Waals surface area (Å²) in [5.74, 6) is -0.234. The fraction of sp³-hybridized carbons (Fsp3) is 0.257. The third kappa shape index (κ3) is 8.72. The van der Waals surface area contributed by atoms with Gasteiger partial charge in [0.15, 0.2) is 5.16 Å². The summed E-state index contributed by atoms with van der Waals surface area (Å²) in [6.45, 7) is 6.31. The first-order valence-electron chi connectivity index (χ1n) is 15.1. The van der Waals surface area contributed by atoms with Crippen molar-refractivity contribution in [3.8, 4) is 11.1 Å². The van der Waals surface area contributed by atoms with E-state index in [2.05, 4.69) is 20.5 Å². The number of hydrogen-bond donors (Lipinski definition) is 2. The maximum absolute atomic E-state index is 14.0. The molecule has 0 fully saturated rings. The third-order valence-electron chi connectivity index (χ3n) is 7.72. The predicted molar refractivity (Wildman–Crippen MR) is 181 cm³/mol. The quantitative estimate of drug-likeness (QED) is 0.0803. The van der Waals surface area contributed by atoms with E-state index >= 15 is 0 Å². The van der Waals surface area contributed by atoms with E-state index in [0.717, 1.165) is 34.4 Å². The molecule has 0 spiro atoms. The predicted octanol–water partition coefficient (Wildman–Crippen LogP) is 6.51. The zero-order valence-corrected chi connectivity index (χ0v) is 27.3. The van der Waals surface area contributed by atoms with E-state index in [-0.39, 0.29) is 29.7 Å². The van der Waals surface area contributed by atoms with Gasteiger partial charge >= 0.3 is 0 Å². The molecule has 0 bridgehead atoms. The van der Waals surface area contributed by atoms with Crippen LogP contribution in [0.25, 0.3) is 11.1 Å².